The molecule has 26 heavy (non-hydrogen) atoms. The lowest BCUT2D eigenvalue weighted by atomic mass is 10.1. The van der Waals surface area contributed by atoms with Crippen molar-refractivity contribution in [2.75, 3.05) is 4.90 Å². The maximum Gasteiger partial charge on any atom is 0.341 e. The van der Waals surface area contributed by atoms with Gasteiger partial charge in [-0.3, -0.25) is 14.5 Å². The topological polar surface area (TPSA) is 97.5 Å². The molecule has 2 N–H and O–H groups in total. The maximum absolute atomic E-state index is 13.0. The highest BCUT2D eigenvalue weighted by atomic mass is 32.2. The molecule has 0 saturated heterocycles. The zero-order chi connectivity index (χ0) is 19.1. The fourth-order valence-corrected chi connectivity index (χ4v) is 3.90. The Morgan fingerprint density at radius 2 is 1.69 bits per heavy atom. The van der Waals surface area contributed by atoms with E-state index in [1.807, 2.05) is 0 Å². The molecule has 9 heteroatoms. The smallest absolute Gasteiger partial charge is 0.341 e. The van der Waals surface area contributed by atoms with Crippen LogP contribution >= 0.6 is 0 Å². The summed E-state index contributed by atoms with van der Waals surface area (Å²) in [5.74, 6) is -5.32. The van der Waals surface area contributed by atoms with Crippen LogP contribution in [0.5, 0.6) is 0 Å². The van der Waals surface area contributed by atoms with Crippen LogP contribution in [0.15, 0.2) is 53.4 Å². The number of benzene rings is 2. The van der Waals surface area contributed by atoms with Crippen molar-refractivity contribution in [3.05, 3.63) is 59.7 Å². The highest BCUT2D eigenvalue weighted by molar-refractivity contribution is 7.91. The maximum atomic E-state index is 13.0. The van der Waals surface area contributed by atoms with Crippen LogP contribution in [0.2, 0.25) is 0 Å². The largest absolute Gasteiger partial charge is 0.368 e. The number of anilines is 1. The summed E-state index contributed by atoms with van der Waals surface area (Å²) in [5.41, 5.74) is 6.02. The minimum Gasteiger partial charge on any atom is -0.368 e. The van der Waals surface area contributed by atoms with Crippen LogP contribution in [0, 0.1) is 0 Å². The van der Waals surface area contributed by atoms with Gasteiger partial charge in [-0.15, -0.1) is 0 Å². The molecule has 1 aliphatic rings. The summed E-state index contributed by atoms with van der Waals surface area (Å²) in [6.45, 7) is 0. The molecule has 0 bridgehead atoms. The molecule has 2 aromatic carbocycles. The van der Waals surface area contributed by atoms with Crippen LogP contribution in [0.25, 0.3) is 0 Å². The summed E-state index contributed by atoms with van der Waals surface area (Å²) in [7, 11) is -4.99. The molecule has 0 radical (unpaired) electrons. The number of fused-ring (bicyclic) bond motifs is 1. The standard InChI is InChI=1S/C17H14F2N2O4S/c18-17(19)26(24,25)14-8-4-2-6-11(14)16(23)21-12-7-3-1-5-10(12)9-13(21)15(20)22/h1-8,13,17H,9H2,(H2,20,22)/t13-/m0/s1. The second kappa shape index (κ2) is 6.49. The quantitative estimate of drug-likeness (QED) is 0.874. The Kier molecular flexibility index (Phi) is 4.49. The molecule has 1 aliphatic heterocycles. The van der Waals surface area contributed by atoms with Crippen LogP contribution in [-0.4, -0.2) is 32.0 Å². The summed E-state index contributed by atoms with van der Waals surface area (Å²) in [5, 5.41) is 0. The number of hydrogen-bond acceptors (Lipinski definition) is 4. The van der Waals surface area contributed by atoms with E-state index in [0.29, 0.717) is 11.3 Å². The van der Waals surface area contributed by atoms with E-state index in [1.165, 1.54) is 12.1 Å². The van der Waals surface area contributed by atoms with E-state index in [2.05, 4.69) is 0 Å². The lowest BCUT2D eigenvalue weighted by molar-refractivity contribution is -0.119. The third-order valence-electron chi connectivity index (χ3n) is 4.18. The zero-order valence-corrected chi connectivity index (χ0v) is 14.1. The number of hydrogen-bond donors (Lipinski definition) is 1. The third kappa shape index (κ3) is 2.84. The number of amides is 2. The number of sulfone groups is 1. The molecule has 0 aromatic heterocycles. The first-order valence-electron chi connectivity index (χ1n) is 7.57. The van der Waals surface area contributed by atoms with Crippen molar-refractivity contribution < 1.29 is 26.8 Å². The zero-order valence-electron chi connectivity index (χ0n) is 13.3. The van der Waals surface area contributed by atoms with Gasteiger partial charge in [-0.25, -0.2) is 8.42 Å². The van der Waals surface area contributed by atoms with E-state index in [9.17, 15) is 26.8 Å². The first kappa shape index (κ1) is 18.0. The first-order chi connectivity index (χ1) is 12.2. The molecule has 0 aliphatic carbocycles. The van der Waals surface area contributed by atoms with Crippen molar-refractivity contribution in [1.82, 2.24) is 0 Å². The summed E-state index contributed by atoms with van der Waals surface area (Å²) < 4.78 is 49.8. The van der Waals surface area contributed by atoms with Crippen LogP contribution < -0.4 is 10.6 Å². The Labute approximate surface area is 148 Å². The van der Waals surface area contributed by atoms with Crippen molar-refractivity contribution in [2.24, 2.45) is 5.73 Å². The van der Waals surface area contributed by atoms with Crippen molar-refractivity contribution in [3.63, 3.8) is 0 Å². The number of carbonyl (C=O) groups is 2. The number of para-hydroxylation sites is 1. The van der Waals surface area contributed by atoms with Crippen molar-refractivity contribution in [3.8, 4) is 0 Å². The SMILES string of the molecule is NC(=O)[C@@H]1Cc2ccccc2N1C(=O)c1ccccc1S(=O)(=O)C(F)F. The monoisotopic (exact) mass is 380 g/mol. The second-order valence-corrected chi connectivity index (χ2v) is 7.61. The van der Waals surface area contributed by atoms with Gasteiger partial charge in [0.25, 0.3) is 5.91 Å². The minimum absolute atomic E-state index is 0.168. The van der Waals surface area contributed by atoms with Crippen molar-refractivity contribution in [2.45, 2.75) is 23.1 Å². The minimum atomic E-state index is -4.99. The number of primary amides is 1. The number of halogens is 2. The Bertz CT molecular complexity index is 992. The molecule has 0 spiro atoms. The van der Waals surface area contributed by atoms with Gasteiger partial charge < -0.3 is 5.73 Å². The fraction of sp³-hybridized carbons (Fsp3) is 0.176. The number of nitrogens with zero attached hydrogens (tertiary/aromatic N) is 1. The third-order valence-corrected chi connectivity index (χ3v) is 5.62. The molecule has 0 saturated carbocycles. The lowest BCUT2D eigenvalue weighted by Gasteiger charge is -2.24. The second-order valence-electron chi connectivity index (χ2n) is 5.73. The number of rotatable bonds is 4. The molecule has 6 nitrogen and oxygen atoms in total. The van der Waals surface area contributed by atoms with E-state index in [-0.39, 0.29) is 6.42 Å². The van der Waals surface area contributed by atoms with Crippen LogP contribution in [0.3, 0.4) is 0 Å². The molecule has 3 rings (SSSR count). The fourth-order valence-electron chi connectivity index (χ4n) is 2.98. The average molecular weight is 380 g/mol. The summed E-state index contributed by atoms with van der Waals surface area (Å²) >= 11 is 0. The van der Waals surface area contributed by atoms with Gasteiger partial charge in [0, 0.05) is 12.1 Å². The molecule has 0 fully saturated rings. The van der Waals surface area contributed by atoms with Gasteiger partial charge in [0.2, 0.25) is 15.7 Å². The van der Waals surface area contributed by atoms with Crippen LogP contribution in [0.4, 0.5) is 14.5 Å². The van der Waals surface area contributed by atoms with Crippen LogP contribution in [-0.2, 0) is 21.1 Å². The summed E-state index contributed by atoms with van der Waals surface area (Å²) in [6.07, 6.45) is 0.168. The predicted molar refractivity (Wildman–Crippen MR) is 89.6 cm³/mol. The molecular formula is C17H14F2N2O4S. The summed E-state index contributed by atoms with van der Waals surface area (Å²) in [4.78, 5) is 25.1. The Balaban J connectivity index is 2.14. The molecule has 2 aromatic rings. The van der Waals surface area contributed by atoms with E-state index in [0.717, 1.165) is 17.0 Å². The normalized spacial score (nSPS) is 16.6. The molecule has 1 heterocycles. The Morgan fingerprint density at radius 3 is 2.35 bits per heavy atom. The van der Waals surface area contributed by atoms with E-state index < -0.39 is 43.9 Å². The van der Waals surface area contributed by atoms with E-state index in [1.54, 1.807) is 24.3 Å². The summed E-state index contributed by atoms with van der Waals surface area (Å²) in [6, 6.07) is 10.3. The molecule has 2 amide bonds. The van der Waals surface area contributed by atoms with Gasteiger partial charge in [0.05, 0.1) is 10.5 Å². The molecule has 136 valence electrons. The highest BCUT2D eigenvalue weighted by Gasteiger charge is 2.40. The van der Waals surface area contributed by atoms with Crippen molar-refractivity contribution in [1.29, 1.82) is 0 Å². The van der Waals surface area contributed by atoms with Gasteiger partial charge in [0.15, 0.2) is 0 Å². The first-order valence-corrected chi connectivity index (χ1v) is 9.11. The van der Waals surface area contributed by atoms with Gasteiger partial charge in [-0.05, 0) is 23.8 Å². The predicted octanol–water partition coefficient (Wildman–Crippen LogP) is 1.74. The Morgan fingerprint density at radius 1 is 1.08 bits per heavy atom. The number of alkyl halides is 2. The van der Waals surface area contributed by atoms with Crippen LogP contribution in [0.1, 0.15) is 15.9 Å². The van der Waals surface area contributed by atoms with Gasteiger partial charge in [-0.1, -0.05) is 30.3 Å². The molecular weight excluding hydrogens is 366 g/mol. The lowest BCUT2D eigenvalue weighted by Crippen LogP contribution is -2.46. The van der Waals surface area contributed by atoms with Gasteiger partial charge in [0.1, 0.15) is 6.04 Å². The Hall–Kier alpha value is -2.81. The van der Waals surface area contributed by atoms with Gasteiger partial charge in [-0.2, -0.15) is 8.78 Å². The van der Waals surface area contributed by atoms with Gasteiger partial charge >= 0.3 is 5.76 Å². The number of nitrogens with two attached hydrogens (primary N) is 1. The molecule has 0 unspecified atom stereocenters. The molecule has 1 atom stereocenters. The highest BCUT2D eigenvalue weighted by Crippen LogP contribution is 2.34. The number of carbonyl (C=O) groups excluding carboxylic acids is 2. The van der Waals surface area contributed by atoms with E-state index in [4.69, 9.17) is 5.73 Å². The van der Waals surface area contributed by atoms with E-state index >= 15 is 0 Å². The van der Waals surface area contributed by atoms with Crippen molar-refractivity contribution >= 4 is 27.3 Å². The average Bonchev–Trinajstić information content (AvgIpc) is 3.00.